The molecule has 3 nitrogen and oxygen atoms in total. The topological polar surface area (TPSA) is 18.5 Å². The molecule has 1 aliphatic heterocycles. The van der Waals surface area contributed by atoms with Crippen molar-refractivity contribution < 1.29 is 0 Å². The Morgan fingerprint density at radius 3 is 2.57 bits per heavy atom. The molecule has 2 rings (SSSR count). The van der Waals surface area contributed by atoms with Gasteiger partial charge in [-0.25, -0.2) is 0 Å². The second-order valence-electron chi connectivity index (χ2n) is 7.76. The van der Waals surface area contributed by atoms with E-state index in [1.807, 2.05) is 0 Å². The fourth-order valence-electron chi connectivity index (χ4n) is 4.70. The summed E-state index contributed by atoms with van der Waals surface area (Å²) in [4.78, 5) is 5.10. The Bertz CT molecular complexity index is 294. The van der Waals surface area contributed by atoms with Crippen LogP contribution in [0.4, 0.5) is 0 Å². The van der Waals surface area contributed by atoms with Gasteiger partial charge in [0.2, 0.25) is 0 Å². The van der Waals surface area contributed by atoms with Crippen LogP contribution in [0.25, 0.3) is 0 Å². The molecule has 0 radical (unpaired) electrons. The van der Waals surface area contributed by atoms with Crippen molar-refractivity contribution in [3.8, 4) is 0 Å². The summed E-state index contributed by atoms with van der Waals surface area (Å²) in [5.41, 5.74) is 0. The third kappa shape index (κ3) is 5.22. The zero-order valence-electron chi connectivity index (χ0n) is 14.8. The van der Waals surface area contributed by atoms with Crippen LogP contribution in [0.5, 0.6) is 0 Å². The molecule has 0 aromatic rings. The average Bonchev–Trinajstić information content (AvgIpc) is 2.84. The van der Waals surface area contributed by atoms with Gasteiger partial charge in [-0.15, -0.1) is 0 Å². The lowest BCUT2D eigenvalue weighted by molar-refractivity contribution is 0.144. The lowest BCUT2D eigenvalue weighted by Crippen LogP contribution is -2.44. The monoisotopic (exact) mass is 295 g/mol. The van der Waals surface area contributed by atoms with Gasteiger partial charge in [-0.2, -0.15) is 0 Å². The third-order valence-corrected chi connectivity index (χ3v) is 5.76. The summed E-state index contributed by atoms with van der Waals surface area (Å²) < 4.78 is 0. The van der Waals surface area contributed by atoms with Crippen molar-refractivity contribution in [1.29, 1.82) is 0 Å². The molecule has 1 heterocycles. The number of hydrogen-bond donors (Lipinski definition) is 1. The molecule has 2 aliphatic rings. The molecule has 0 amide bonds. The van der Waals surface area contributed by atoms with Gasteiger partial charge in [-0.1, -0.05) is 19.8 Å². The smallest absolute Gasteiger partial charge is 0.0105 e. The minimum absolute atomic E-state index is 0.742. The van der Waals surface area contributed by atoms with E-state index in [-0.39, 0.29) is 0 Å². The maximum absolute atomic E-state index is 3.59. The Hall–Kier alpha value is -0.120. The van der Waals surface area contributed by atoms with Gasteiger partial charge in [0.05, 0.1) is 0 Å². The SMILES string of the molecule is CCCC1CCC(NC)C(CN(C)CC2CCN(C)C2)C1. The standard InChI is InChI=1S/C18H37N3/c1-5-6-15-7-8-18(19-2)17(11-15)14-21(4)13-16-9-10-20(3)12-16/h15-19H,5-14H2,1-4H3. The van der Waals surface area contributed by atoms with Gasteiger partial charge in [0.1, 0.15) is 0 Å². The van der Waals surface area contributed by atoms with Crippen molar-refractivity contribution in [2.75, 3.05) is 47.3 Å². The second-order valence-corrected chi connectivity index (χ2v) is 7.76. The molecule has 0 bridgehead atoms. The predicted molar refractivity (Wildman–Crippen MR) is 91.7 cm³/mol. The van der Waals surface area contributed by atoms with Crippen LogP contribution in [0.15, 0.2) is 0 Å². The fraction of sp³-hybridized carbons (Fsp3) is 1.00. The summed E-state index contributed by atoms with van der Waals surface area (Å²) in [6, 6.07) is 0.742. The van der Waals surface area contributed by atoms with Crippen LogP contribution < -0.4 is 5.32 Å². The van der Waals surface area contributed by atoms with Crippen LogP contribution in [0.3, 0.4) is 0 Å². The van der Waals surface area contributed by atoms with Crippen molar-refractivity contribution in [1.82, 2.24) is 15.1 Å². The Kier molecular flexibility index (Phi) is 6.97. The number of nitrogens with zero attached hydrogens (tertiary/aromatic N) is 2. The van der Waals surface area contributed by atoms with E-state index in [0.29, 0.717) is 0 Å². The number of nitrogens with one attached hydrogen (secondary N) is 1. The first-order valence-corrected chi connectivity index (χ1v) is 9.16. The van der Waals surface area contributed by atoms with Crippen molar-refractivity contribution in [3.63, 3.8) is 0 Å². The van der Waals surface area contributed by atoms with Crippen LogP contribution in [-0.4, -0.2) is 63.2 Å². The van der Waals surface area contributed by atoms with E-state index < -0.39 is 0 Å². The Labute approximate surface area is 132 Å². The van der Waals surface area contributed by atoms with Gasteiger partial charge in [0.15, 0.2) is 0 Å². The van der Waals surface area contributed by atoms with Crippen LogP contribution in [0.2, 0.25) is 0 Å². The number of rotatable bonds is 7. The zero-order valence-corrected chi connectivity index (χ0v) is 14.8. The summed E-state index contributed by atoms with van der Waals surface area (Å²) in [7, 11) is 6.76. The highest BCUT2D eigenvalue weighted by atomic mass is 15.2. The quantitative estimate of drug-likeness (QED) is 0.779. The van der Waals surface area contributed by atoms with Gasteiger partial charge in [0.25, 0.3) is 0 Å². The van der Waals surface area contributed by atoms with Crippen LogP contribution >= 0.6 is 0 Å². The van der Waals surface area contributed by atoms with Gasteiger partial charge in [0, 0.05) is 25.7 Å². The molecule has 0 aromatic heterocycles. The van der Waals surface area contributed by atoms with E-state index in [0.717, 1.165) is 23.8 Å². The third-order valence-electron chi connectivity index (χ3n) is 5.76. The summed E-state index contributed by atoms with van der Waals surface area (Å²) in [6.45, 7) is 7.49. The van der Waals surface area contributed by atoms with E-state index >= 15 is 0 Å². The Morgan fingerprint density at radius 2 is 1.95 bits per heavy atom. The Balaban J connectivity index is 1.79. The molecule has 3 heteroatoms. The van der Waals surface area contributed by atoms with Crippen molar-refractivity contribution >= 4 is 0 Å². The number of hydrogen-bond acceptors (Lipinski definition) is 3. The highest BCUT2D eigenvalue weighted by Crippen LogP contribution is 2.32. The molecule has 21 heavy (non-hydrogen) atoms. The van der Waals surface area contributed by atoms with Crippen molar-refractivity contribution in [2.24, 2.45) is 17.8 Å². The molecule has 4 unspecified atom stereocenters. The van der Waals surface area contributed by atoms with Crippen LogP contribution in [-0.2, 0) is 0 Å². The summed E-state index contributed by atoms with van der Waals surface area (Å²) in [5, 5.41) is 3.59. The summed E-state index contributed by atoms with van der Waals surface area (Å²) >= 11 is 0. The second kappa shape index (κ2) is 8.50. The Morgan fingerprint density at radius 1 is 1.14 bits per heavy atom. The summed E-state index contributed by atoms with van der Waals surface area (Å²) in [6.07, 6.45) is 8.43. The molecule has 0 spiro atoms. The lowest BCUT2D eigenvalue weighted by atomic mass is 9.76. The lowest BCUT2D eigenvalue weighted by Gasteiger charge is -2.38. The zero-order chi connectivity index (χ0) is 15.2. The molecule has 1 aliphatic carbocycles. The van der Waals surface area contributed by atoms with E-state index in [1.54, 1.807) is 0 Å². The normalized spacial score (nSPS) is 34.7. The van der Waals surface area contributed by atoms with E-state index in [1.165, 1.54) is 64.7 Å². The largest absolute Gasteiger partial charge is 0.317 e. The van der Waals surface area contributed by atoms with Crippen molar-refractivity contribution in [3.05, 3.63) is 0 Å². The van der Waals surface area contributed by atoms with E-state index in [4.69, 9.17) is 0 Å². The molecular formula is C18H37N3. The van der Waals surface area contributed by atoms with Gasteiger partial charge in [-0.05, 0) is 71.1 Å². The highest BCUT2D eigenvalue weighted by molar-refractivity contribution is 4.86. The minimum Gasteiger partial charge on any atom is -0.317 e. The fourth-order valence-corrected chi connectivity index (χ4v) is 4.70. The average molecular weight is 296 g/mol. The van der Waals surface area contributed by atoms with Gasteiger partial charge in [-0.3, -0.25) is 0 Å². The van der Waals surface area contributed by atoms with Gasteiger partial charge >= 0.3 is 0 Å². The molecule has 1 saturated carbocycles. The van der Waals surface area contributed by atoms with Crippen molar-refractivity contribution in [2.45, 2.75) is 51.5 Å². The molecule has 4 atom stereocenters. The predicted octanol–water partition coefficient (Wildman–Crippen LogP) is 2.67. The molecular weight excluding hydrogens is 258 g/mol. The molecule has 124 valence electrons. The maximum atomic E-state index is 3.59. The highest BCUT2D eigenvalue weighted by Gasteiger charge is 2.30. The first-order chi connectivity index (χ1) is 10.1. The summed E-state index contributed by atoms with van der Waals surface area (Å²) in [5.74, 6) is 2.73. The van der Waals surface area contributed by atoms with Gasteiger partial charge < -0.3 is 15.1 Å². The number of likely N-dealkylation sites (tertiary alicyclic amines) is 1. The first-order valence-electron chi connectivity index (χ1n) is 9.16. The van der Waals surface area contributed by atoms with Crippen LogP contribution in [0.1, 0.15) is 45.4 Å². The minimum atomic E-state index is 0.742. The van der Waals surface area contributed by atoms with E-state index in [9.17, 15) is 0 Å². The molecule has 2 fully saturated rings. The molecule has 0 aromatic carbocycles. The van der Waals surface area contributed by atoms with E-state index in [2.05, 4.69) is 43.2 Å². The molecule has 1 N–H and O–H groups in total. The maximum Gasteiger partial charge on any atom is 0.0105 e. The molecule has 1 saturated heterocycles. The van der Waals surface area contributed by atoms with Crippen LogP contribution in [0, 0.1) is 17.8 Å². The first kappa shape index (κ1) is 17.2.